The van der Waals surface area contributed by atoms with Gasteiger partial charge < -0.3 is 16.5 Å². The van der Waals surface area contributed by atoms with E-state index in [9.17, 15) is 4.79 Å². The van der Waals surface area contributed by atoms with Gasteiger partial charge in [-0.1, -0.05) is 18.2 Å². The zero-order chi connectivity index (χ0) is 14.1. The van der Waals surface area contributed by atoms with E-state index in [1.54, 1.807) is 11.1 Å². The topological polar surface area (TPSA) is 95.1 Å². The molecule has 6 nitrogen and oxygen atoms in total. The quantitative estimate of drug-likeness (QED) is 0.728. The average Bonchev–Trinajstić information content (AvgIpc) is 2.47. The maximum Gasteiger partial charge on any atom is 0.326 e. The van der Waals surface area contributed by atoms with Crippen molar-refractivity contribution in [1.82, 2.24) is 4.98 Å². The van der Waals surface area contributed by atoms with Crippen LogP contribution in [0.1, 0.15) is 11.1 Å². The lowest BCUT2D eigenvalue weighted by molar-refractivity contribution is 0.256. The SMILES string of the molecule is N=Cc1c(N)ncc2c1NC(=O)N(c1ccccc1)C2. The fourth-order valence-electron chi connectivity index (χ4n) is 2.23. The Hall–Kier alpha value is -2.89. The van der Waals surface area contributed by atoms with Crippen molar-refractivity contribution in [3.05, 3.63) is 47.7 Å². The molecule has 1 aromatic carbocycles. The van der Waals surface area contributed by atoms with E-state index in [-0.39, 0.29) is 11.8 Å². The summed E-state index contributed by atoms with van der Waals surface area (Å²) in [6.07, 6.45) is 2.74. The third-order valence-corrected chi connectivity index (χ3v) is 3.24. The Morgan fingerprint density at radius 3 is 2.80 bits per heavy atom. The van der Waals surface area contributed by atoms with Gasteiger partial charge in [0.25, 0.3) is 0 Å². The number of nitrogens with two attached hydrogens (primary N) is 1. The number of nitrogen functional groups attached to an aromatic ring is 1. The van der Waals surface area contributed by atoms with Crippen molar-refractivity contribution >= 4 is 29.4 Å². The molecule has 0 atom stereocenters. The molecule has 0 saturated heterocycles. The number of anilines is 3. The maximum absolute atomic E-state index is 12.2. The van der Waals surface area contributed by atoms with Gasteiger partial charge in [0.05, 0.1) is 17.8 Å². The van der Waals surface area contributed by atoms with E-state index in [0.717, 1.165) is 17.5 Å². The van der Waals surface area contributed by atoms with Gasteiger partial charge in [0, 0.05) is 23.7 Å². The lowest BCUT2D eigenvalue weighted by Gasteiger charge is -2.30. The van der Waals surface area contributed by atoms with Crippen molar-refractivity contribution in [2.45, 2.75) is 6.54 Å². The van der Waals surface area contributed by atoms with Gasteiger partial charge in [0.15, 0.2) is 0 Å². The van der Waals surface area contributed by atoms with Crippen molar-refractivity contribution in [3.63, 3.8) is 0 Å². The van der Waals surface area contributed by atoms with Gasteiger partial charge in [0.2, 0.25) is 0 Å². The largest absolute Gasteiger partial charge is 0.383 e. The van der Waals surface area contributed by atoms with E-state index in [1.165, 1.54) is 0 Å². The van der Waals surface area contributed by atoms with Gasteiger partial charge in [-0.05, 0) is 12.1 Å². The normalized spacial score (nSPS) is 13.6. The zero-order valence-electron chi connectivity index (χ0n) is 10.6. The summed E-state index contributed by atoms with van der Waals surface area (Å²) in [6.45, 7) is 0.402. The summed E-state index contributed by atoms with van der Waals surface area (Å²) in [6, 6.07) is 9.15. The first-order valence-corrected chi connectivity index (χ1v) is 6.12. The molecule has 2 aromatic rings. The molecule has 2 amide bonds. The van der Waals surface area contributed by atoms with E-state index in [1.807, 2.05) is 30.3 Å². The minimum absolute atomic E-state index is 0.239. The van der Waals surface area contributed by atoms with E-state index < -0.39 is 0 Å². The van der Waals surface area contributed by atoms with Crippen LogP contribution in [0, 0.1) is 5.41 Å². The predicted octanol–water partition coefficient (Wildman–Crippen LogP) is 2.21. The number of carbonyl (C=O) groups is 1. The number of aromatic nitrogens is 1. The van der Waals surface area contributed by atoms with Crippen LogP contribution < -0.4 is 16.0 Å². The Morgan fingerprint density at radius 2 is 2.10 bits per heavy atom. The Morgan fingerprint density at radius 1 is 1.35 bits per heavy atom. The molecule has 2 heterocycles. The summed E-state index contributed by atoms with van der Waals surface area (Å²) in [4.78, 5) is 17.9. The molecule has 1 aromatic heterocycles. The molecule has 0 fully saturated rings. The number of nitrogens with one attached hydrogen (secondary N) is 2. The lowest BCUT2D eigenvalue weighted by Crippen LogP contribution is -2.39. The standard InChI is InChI=1S/C14H13N5O/c15-6-11-12-9(7-17-13(11)16)8-19(14(20)18-12)10-4-2-1-3-5-10/h1-7,15H,8H2,(H2,16,17)(H,18,20). The van der Waals surface area contributed by atoms with Crippen LogP contribution in [-0.2, 0) is 6.54 Å². The highest BCUT2D eigenvalue weighted by Crippen LogP contribution is 2.30. The Kier molecular flexibility index (Phi) is 2.83. The van der Waals surface area contributed by atoms with Gasteiger partial charge in [-0.15, -0.1) is 0 Å². The second kappa shape index (κ2) is 4.65. The summed E-state index contributed by atoms with van der Waals surface area (Å²) >= 11 is 0. The number of para-hydroxylation sites is 1. The second-order valence-electron chi connectivity index (χ2n) is 4.45. The molecule has 6 heteroatoms. The van der Waals surface area contributed by atoms with Crippen LogP contribution >= 0.6 is 0 Å². The zero-order valence-corrected chi connectivity index (χ0v) is 10.6. The molecule has 0 spiro atoms. The molecule has 0 saturated carbocycles. The van der Waals surface area contributed by atoms with E-state index in [2.05, 4.69) is 10.3 Å². The van der Waals surface area contributed by atoms with Gasteiger partial charge in [-0.25, -0.2) is 9.78 Å². The van der Waals surface area contributed by atoms with E-state index in [0.29, 0.717) is 17.8 Å². The number of hydrogen-bond donors (Lipinski definition) is 3. The molecular formula is C14H13N5O. The number of fused-ring (bicyclic) bond motifs is 1. The van der Waals surface area contributed by atoms with Crippen molar-refractivity contribution in [2.75, 3.05) is 16.0 Å². The van der Waals surface area contributed by atoms with Crippen molar-refractivity contribution < 1.29 is 4.79 Å². The molecule has 3 rings (SSSR count). The predicted molar refractivity (Wildman–Crippen MR) is 78.2 cm³/mol. The third-order valence-electron chi connectivity index (χ3n) is 3.24. The highest BCUT2D eigenvalue weighted by Gasteiger charge is 2.26. The number of benzene rings is 1. The molecule has 1 aliphatic heterocycles. The highest BCUT2D eigenvalue weighted by atomic mass is 16.2. The van der Waals surface area contributed by atoms with Crippen molar-refractivity contribution in [3.8, 4) is 0 Å². The van der Waals surface area contributed by atoms with E-state index >= 15 is 0 Å². The average molecular weight is 267 g/mol. The Balaban J connectivity index is 2.04. The minimum Gasteiger partial charge on any atom is -0.383 e. The van der Waals surface area contributed by atoms with Gasteiger partial charge >= 0.3 is 6.03 Å². The first-order valence-electron chi connectivity index (χ1n) is 6.12. The Labute approximate surface area is 115 Å². The van der Waals surface area contributed by atoms with Crippen molar-refractivity contribution in [1.29, 1.82) is 5.41 Å². The number of rotatable bonds is 2. The number of pyridine rings is 1. The van der Waals surface area contributed by atoms with Crippen LogP contribution in [0.5, 0.6) is 0 Å². The summed E-state index contributed by atoms with van der Waals surface area (Å²) < 4.78 is 0. The van der Waals surface area contributed by atoms with Crippen LogP contribution in [0.3, 0.4) is 0 Å². The summed E-state index contributed by atoms with van der Waals surface area (Å²) in [7, 11) is 0. The van der Waals surface area contributed by atoms with Crippen LogP contribution in [0.25, 0.3) is 0 Å². The molecule has 4 N–H and O–H groups in total. The van der Waals surface area contributed by atoms with Gasteiger partial charge in [0.1, 0.15) is 5.82 Å². The number of hydrogen-bond acceptors (Lipinski definition) is 4. The van der Waals surface area contributed by atoms with Crippen LogP contribution in [0.4, 0.5) is 22.0 Å². The molecule has 0 unspecified atom stereocenters. The molecule has 0 bridgehead atoms. The molecule has 100 valence electrons. The minimum atomic E-state index is -0.239. The fourth-order valence-corrected chi connectivity index (χ4v) is 2.23. The van der Waals surface area contributed by atoms with Crippen LogP contribution in [0.15, 0.2) is 36.5 Å². The first-order chi connectivity index (χ1) is 9.70. The number of amides is 2. The van der Waals surface area contributed by atoms with Crippen molar-refractivity contribution in [2.24, 2.45) is 0 Å². The number of carbonyl (C=O) groups excluding carboxylic acids is 1. The second-order valence-corrected chi connectivity index (χ2v) is 4.45. The fraction of sp³-hybridized carbons (Fsp3) is 0.0714. The highest BCUT2D eigenvalue weighted by molar-refractivity contribution is 6.08. The molecule has 0 radical (unpaired) electrons. The third kappa shape index (κ3) is 1.87. The lowest BCUT2D eigenvalue weighted by atomic mass is 10.1. The number of nitrogens with zero attached hydrogens (tertiary/aromatic N) is 2. The van der Waals surface area contributed by atoms with Crippen LogP contribution in [0.2, 0.25) is 0 Å². The Bertz CT molecular complexity index is 683. The molecule has 20 heavy (non-hydrogen) atoms. The summed E-state index contributed by atoms with van der Waals surface area (Å²) in [5, 5.41) is 10.2. The number of urea groups is 1. The molecule has 1 aliphatic rings. The molecular weight excluding hydrogens is 254 g/mol. The smallest absolute Gasteiger partial charge is 0.326 e. The summed E-state index contributed by atoms with van der Waals surface area (Å²) in [5.41, 5.74) is 8.38. The maximum atomic E-state index is 12.2. The summed E-state index contributed by atoms with van der Waals surface area (Å²) in [5.74, 6) is 0.243. The first kappa shape index (κ1) is 12.2. The van der Waals surface area contributed by atoms with Crippen LogP contribution in [-0.4, -0.2) is 17.2 Å². The van der Waals surface area contributed by atoms with Gasteiger partial charge in [-0.3, -0.25) is 4.90 Å². The van der Waals surface area contributed by atoms with E-state index in [4.69, 9.17) is 11.1 Å². The molecule has 0 aliphatic carbocycles. The van der Waals surface area contributed by atoms with Gasteiger partial charge in [-0.2, -0.15) is 0 Å². The monoisotopic (exact) mass is 267 g/mol.